The molecule has 106 valence electrons. The Morgan fingerprint density at radius 2 is 2.11 bits per heavy atom. The molecule has 1 aliphatic carbocycles. The summed E-state index contributed by atoms with van der Waals surface area (Å²) in [5.74, 6) is 1.81. The number of rotatable bonds is 5. The number of hydrogen-bond donors (Lipinski definition) is 1. The SMILES string of the molecule is CCC1(C)CC(CN)(N(C)CC2CC2C)CCO1. The van der Waals surface area contributed by atoms with Crippen molar-refractivity contribution in [2.24, 2.45) is 17.6 Å². The van der Waals surface area contributed by atoms with E-state index in [9.17, 15) is 0 Å². The second-order valence-corrected chi connectivity index (χ2v) is 6.86. The molecule has 1 aliphatic heterocycles. The van der Waals surface area contributed by atoms with Gasteiger partial charge < -0.3 is 10.5 Å². The maximum Gasteiger partial charge on any atom is 0.0670 e. The average Bonchev–Trinajstić information content (AvgIpc) is 3.04. The first-order valence-electron chi connectivity index (χ1n) is 7.50. The molecule has 1 heterocycles. The summed E-state index contributed by atoms with van der Waals surface area (Å²) < 4.78 is 5.98. The molecule has 3 heteroatoms. The van der Waals surface area contributed by atoms with Gasteiger partial charge in [0, 0.05) is 25.2 Å². The van der Waals surface area contributed by atoms with E-state index < -0.39 is 0 Å². The molecule has 2 fully saturated rings. The summed E-state index contributed by atoms with van der Waals surface area (Å²) in [5.41, 5.74) is 6.32. The van der Waals surface area contributed by atoms with Crippen molar-refractivity contribution in [3.8, 4) is 0 Å². The zero-order chi connectivity index (χ0) is 13.4. The Hall–Kier alpha value is -0.120. The Balaban J connectivity index is 2.04. The highest BCUT2D eigenvalue weighted by molar-refractivity contribution is 5.01. The summed E-state index contributed by atoms with van der Waals surface area (Å²) in [7, 11) is 2.26. The third-order valence-electron chi connectivity index (χ3n) is 5.44. The monoisotopic (exact) mass is 254 g/mol. The predicted octanol–water partition coefficient (Wildman–Crippen LogP) is 2.25. The molecule has 4 unspecified atom stereocenters. The molecular formula is C15H30N2O. The number of nitrogens with two attached hydrogens (primary N) is 1. The van der Waals surface area contributed by atoms with Gasteiger partial charge in [-0.2, -0.15) is 0 Å². The molecule has 4 atom stereocenters. The lowest BCUT2D eigenvalue weighted by atomic mass is 9.78. The molecule has 0 aromatic rings. The van der Waals surface area contributed by atoms with Crippen molar-refractivity contribution < 1.29 is 4.74 Å². The topological polar surface area (TPSA) is 38.5 Å². The summed E-state index contributed by atoms with van der Waals surface area (Å²) in [4.78, 5) is 2.54. The van der Waals surface area contributed by atoms with E-state index in [2.05, 4.69) is 32.7 Å². The molecule has 0 radical (unpaired) electrons. The lowest BCUT2D eigenvalue weighted by Crippen LogP contribution is -2.60. The van der Waals surface area contributed by atoms with Gasteiger partial charge in [0.1, 0.15) is 0 Å². The van der Waals surface area contributed by atoms with Crippen LogP contribution in [0.15, 0.2) is 0 Å². The fraction of sp³-hybridized carbons (Fsp3) is 1.00. The van der Waals surface area contributed by atoms with Gasteiger partial charge in [-0.05, 0) is 51.5 Å². The molecule has 2 rings (SSSR count). The summed E-state index contributed by atoms with van der Waals surface area (Å²) in [6.07, 6.45) is 4.62. The zero-order valence-electron chi connectivity index (χ0n) is 12.5. The fourth-order valence-electron chi connectivity index (χ4n) is 3.40. The van der Waals surface area contributed by atoms with Gasteiger partial charge in [-0.15, -0.1) is 0 Å². The number of hydrogen-bond acceptors (Lipinski definition) is 3. The third-order valence-corrected chi connectivity index (χ3v) is 5.44. The van der Waals surface area contributed by atoms with Crippen LogP contribution in [0.2, 0.25) is 0 Å². The zero-order valence-corrected chi connectivity index (χ0v) is 12.5. The highest BCUT2D eigenvalue weighted by atomic mass is 16.5. The summed E-state index contributed by atoms with van der Waals surface area (Å²) >= 11 is 0. The molecule has 2 aliphatic rings. The normalized spacial score (nSPS) is 44.3. The van der Waals surface area contributed by atoms with Crippen LogP contribution >= 0.6 is 0 Å². The summed E-state index contributed by atoms with van der Waals surface area (Å²) in [6.45, 7) is 9.63. The van der Waals surface area contributed by atoms with Crippen molar-refractivity contribution in [2.45, 2.75) is 57.6 Å². The standard InChI is InChI=1S/C15H30N2O/c1-5-14(3)10-15(11-16,6-7-18-14)17(4)9-13-8-12(13)2/h12-13H,5-11,16H2,1-4H3. The Morgan fingerprint density at radius 3 is 2.61 bits per heavy atom. The van der Waals surface area contributed by atoms with Crippen LogP contribution in [0.5, 0.6) is 0 Å². The molecule has 0 amide bonds. The van der Waals surface area contributed by atoms with Crippen LogP contribution in [0, 0.1) is 11.8 Å². The lowest BCUT2D eigenvalue weighted by molar-refractivity contribution is -0.125. The van der Waals surface area contributed by atoms with Gasteiger partial charge in [-0.25, -0.2) is 0 Å². The second kappa shape index (κ2) is 5.10. The molecule has 3 nitrogen and oxygen atoms in total. The van der Waals surface area contributed by atoms with Gasteiger partial charge in [-0.3, -0.25) is 4.90 Å². The third kappa shape index (κ3) is 2.73. The Kier molecular flexibility index (Phi) is 4.05. The van der Waals surface area contributed by atoms with Crippen LogP contribution in [0.25, 0.3) is 0 Å². The highest BCUT2D eigenvalue weighted by Gasteiger charge is 2.46. The smallest absolute Gasteiger partial charge is 0.0670 e. The van der Waals surface area contributed by atoms with Crippen LogP contribution in [0.1, 0.15) is 46.5 Å². The fourth-order valence-corrected chi connectivity index (χ4v) is 3.40. The molecular weight excluding hydrogens is 224 g/mol. The molecule has 0 aromatic heterocycles. The van der Waals surface area contributed by atoms with Crippen molar-refractivity contribution in [2.75, 3.05) is 26.7 Å². The number of ether oxygens (including phenoxy) is 1. The van der Waals surface area contributed by atoms with Crippen LogP contribution < -0.4 is 5.73 Å². The van der Waals surface area contributed by atoms with Crippen molar-refractivity contribution >= 4 is 0 Å². The highest BCUT2D eigenvalue weighted by Crippen LogP contribution is 2.42. The lowest BCUT2D eigenvalue weighted by Gasteiger charge is -2.50. The van der Waals surface area contributed by atoms with Crippen molar-refractivity contribution in [3.63, 3.8) is 0 Å². The quantitative estimate of drug-likeness (QED) is 0.818. The van der Waals surface area contributed by atoms with Crippen molar-refractivity contribution in [3.05, 3.63) is 0 Å². The minimum absolute atomic E-state index is 0.0149. The average molecular weight is 254 g/mol. The van der Waals surface area contributed by atoms with E-state index in [0.29, 0.717) is 0 Å². The van der Waals surface area contributed by atoms with E-state index in [1.165, 1.54) is 13.0 Å². The van der Waals surface area contributed by atoms with Gasteiger partial charge in [0.2, 0.25) is 0 Å². The van der Waals surface area contributed by atoms with Gasteiger partial charge >= 0.3 is 0 Å². The Morgan fingerprint density at radius 1 is 1.44 bits per heavy atom. The predicted molar refractivity (Wildman–Crippen MR) is 75.6 cm³/mol. The van der Waals surface area contributed by atoms with Crippen molar-refractivity contribution in [1.82, 2.24) is 4.90 Å². The molecule has 1 saturated carbocycles. The molecule has 18 heavy (non-hydrogen) atoms. The Bertz CT molecular complexity index is 296. The van der Waals surface area contributed by atoms with Gasteiger partial charge in [-0.1, -0.05) is 13.8 Å². The molecule has 1 saturated heterocycles. The van der Waals surface area contributed by atoms with Crippen molar-refractivity contribution in [1.29, 1.82) is 0 Å². The van der Waals surface area contributed by atoms with Crippen LogP contribution in [0.3, 0.4) is 0 Å². The minimum Gasteiger partial charge on any atom is -0.375 e. The first-order valence-corrected chi connectivity index (χ1v) is 7.50. The summed E-state index contributed by atoms with van der Waals surface area (Å²) in [5, 5.41) is 0. The van der Waals surface area contributed by atoms with E-state index in [1.807, 2.05) is 0 Å². The maximum absolute atomic E-state index is 6.15. The first kappa shape index (κ1) is 14.3. The number of nitrogens with zero attached hydrogens (tertiary/aromatic N) is 1. The second-order valence-electron chi connectivity index (χ2n) is 6.86. The minimum atomic E-state index is 0.0149. The van der Waals surface area contributed by atoms with Crippen LogP contribution in [0.4, 0.5) is 0 Å². The van der Waals surface area contributed by atoms with E-state index in [0.717, 1.165) is 44.2 Å². The molecule has 0 bridgehead atoms. The van der Waals surface area contributed by atoms with E-state index in [-0.39, 0.29) is 11.1 Å². The number of likely N-dealkylation sites (N-methyl/N-ethyl adjacent to an activating group) is 1. The maximum atomic E-state index is 6.15. The van der Waals surface area contributed by atoms with Crippen LogP contribution in [-0.2, 0) is 4.74 Å². The first-order chi connectivity index (χ1) is 8.45. The van der Waals surface area contributed by atoms with Gasteiger partial charge in [0.25, 0.3) is 0 Å². The van der Waals surface area contributed by atoms with Crippen LogP contribution in [-0.4, -0.2) is 42.8 Å². The van der Waals surface area contributed by atoms with E-state index >= 15 is 0 Å². The van der Waals surface area contributed by atoms with E-state index in [4.69, 9.17) is 10.5 Å². The Labute approximate surface area is 112 Å². The summed E-state index contributed by atoms with van der Waals surface area (Å²) in [6, 6.07) is 0. The molecule has 0 aromatic carbocycles. The largest absolute Gasteiger partial charge is 0.375 e. The molecule has 2 N–H and O–H groups in total. The molecule has 0 spiro atoms. The van der Waals surface area contributed by atoms with Gasteiger partial charge in [0.05, 0.1) is 5.60 Å². The van der Waals surface area contributed by atoms with Gasteiger partial charge in [0.15, 0.2) is 0 Å². The van der Waals surface area contributed by atoms with E-state index in [1.54, 1.807) is 0 Å².